The minimum Gasteiger partial charge on any atom is -0.459 e. The molecule has 6 heteroatoms. The van der Waals surface area contributed by atoms with E-state index in [1.165, 1.54) is 0 Å². The minimum atomic E-state index is -0.440. The van der Waals surface area contributed by atoms with Gasteiger partial charge in [-0.3, -0.25) is 4.57 Å². The topological polar surface area (TPSA) is 57.0 Å². The Kier molecular flexibility index (Phi) is 3.62. The van der Waals surface area contributed by atoms with E-state index in [4.69, 9.17) is 16.3 Å². The molecule has 0 spiro atoms. The van der Waals surface area contributed by atoms with Crippen molar-refractivity contribution in [3.63, 3.8) is 0 Å². The molecule has 0 amide bonds. The average molecular weight is 266 g/mol. The van der Waals surface area contributed by atoms with Crippen LogP contribution in [0.5, 0.6) is 0 Å². The summed E-state index contributed by atoms with van der Waals surface area (Å²) in [4.78, 5) is 11.9. The molecule has 2 aromatic rings. The summed E-state index contributed by atoms with van der Waals surface area (Å²) in [6.45, 7) is 3.57. The van der Waals surface area contributed by atoms with Gasteiger partial charge in [-0.15, -0.1) is 10.2 Å². The van der Waals surface area contributed by atoms with Crippen molar-refractivity contribution in [2.45, 2.75) is 20.0 Å². The van der Waals surface area contributed by atoms with Crippen LogP contribution < -0.4 is 0 Å². The van der Waals surface area contributed by atoms with Crippen LogP contribution in [0, 0.1) is 0 Å². The summed E-state index contributed by atoms with van der Waals surface area (Å²) in [6.07, 6.45) is 2.90. The lowest BCUT2D eigenvalue weighted by atomic mass is 10.2. The molecule has 18 heavy (non-hydrogen) atoms. The Morgan fingerprint density at radius 1 is 1.33 bits per heavy atom. The summed E-state index contributed by atoms with van der Waals surface area (Å²) in [5.74, 6) is -0.440. The second kappa shape index (κ2) is 5.18. The number of carbonyl (C=O) groups excluding carboxylic acids is 1. The quantitative estimate of drug-likeness (QED) is 0.800. The molecule has 0 saturated carbocycles. The SMILES string of the molecule is CC(C)OC(=O)c1cc(-n2cnnc2)ccc1Cl. The molecule has 0 aliphatic rings. The van der Waals surface area contributed by atoms with Gasteiger partial charge in [-0.2, -0.15) is 0 Å². The van der Waals surface area contributed by atoms with E-state index in [9.17, 15) is 4.79 Å². The first kappa shape index (κ1) is 12.6. The van der Waals surface area contributed by atoms with E-state index in [1.54, 1.807) is 49.3 Å². The van der Waals surface area contributed by atoms with Gasteiger partial charge in [0.1, 0.15) is 12.7 Å². The second-order valence-electron chi connectivity index (χ2n) is 3.99. The molecule has 1 aromatic carbocycles. The number of rotatable bonds is 3. The van der Waals surface area contributed by atoms with Crippen molar-refractivity contribution in [1.82, 2.24) is 14.8 Å². The minimum absolute atomic E-state index is 0.188. The lowest BCUT2D eigenvalue weighted by molar-refractivity contribution is 0.0378. The van der Waals surface area contributed by atoms with E-state index in [2.05, 4.69) is 10.2 Å². The van der Waals surface area contributed by atoms with Crippen LogP contribution in [0.15, 0.2) is 30.9 Å². The van der Waals surface area contributed by atoms with Gasteiger partial charge in [-0.25, -0.2) is 4.79 Å². The molecule has 0 unspecified atom stereocenters. The molecule has 0 bridgehead atoms. The Labute approximate surface area is 109 Å². The third-order valence-corrected chi connectivity index (χ3v) is 2.56. The molecule has 0 aliphatic carbocycles. The molecule has 1 heterocycles. The highest BCUT2D eigenvalue weighted by molar-refractivity contribution is 6.33. The highest BCUT2D eigenvalue weighted by atomic mass is 35.5. The van der Waals surface area contributed by atoms with Crippen molar-refractivity contribution in [2.75, 3.05) is 0 Å². The number of nitrogens with zero attached hydrogens (tertiary/aromatic N) is 3. The highest BCUT2D eigenvalue weighted by Gasteiger charge is 2.14. The predicted octanol–water partition coefficient (Wildman–Crippen LogP) is 2.49. The van der Waals surface area contributed by atoms with Crippen LogP contribution >= 0.6 is 11.6 Å². The predicted molar refractivity (Wildman–Crippen MR) is 66.9 cm³/mol. The first-order valence-corrected chi connectivity index (χ1v) is 5.81. The summed E-state index contributed by atoms with van der Waals surface area (Å²) in [5, 5.41) is 7.77. The van der Waals surface area contributed by atoms with Crippen molar-refractivity contribution in [2.24, 2.45) is 0 Å². The van der Waals surface area contributed by atoms with Crippen molar-refractivity contribution in [3.8, 4) is 5.69 Å². The summed E-state index contributed by atoms with van der Waals surface area (Å²) in [6, 6.07) is 5.07. The molecular formula is C12H12ClN3O2. The first-order chi connectivity index (χ1) is 8.58. The van der Waals surface area contributed by atoms with E-state index in [0.717, 1.165) is 5.69 Å². The van der Waals surface area contributed by atoms with Gasteiger partial charge in [0.05, 0.1) is 16.7 Å². The first-order valence-electron chi connectivity index (χ1n) is 5.43. The van der Waals surface area contributed by atoms with Gasteiger partial charge in [0, 0.05) is 5.69 Å². The molecule has 0 aliphatic heterocycles. The number of halogens is 1. The molecule has 0 fully saturated rings. The number of aromatic nitrogens is 3. The molecule has 94 valence electrons. The lowest BCUT2D eigenvalue weighted by Gasteiger charge is -2.10. The van der Waals surface area contributed by atoms with Gasteiger partial charge in [0.25, 0.3) is 0 Å². The monoisotopic (exact) mass is 265 g/mol. The van der Waals surface area contributed by atoms with E-state index >= 15 is 0 Å². The number of esters is 1. The van der Waals surface area contributed by atoms with Crippen LogP contribution in [0.25, 0.3) is 5.69 Å². The zero-order valence-corrected chi connectivity index (χ0v) is 10.8. The summed E-state index contributed by atoms with van der Waals surface area (Å²) in [5.41, 5.74) is 1.08. The maximum atomic E-state index is 11.9. The van der Waals surface area contributed by atoms with Gasteiger partial charge in [0.2, 0.25) is 0 Å². The Balaban J connectivity index is 2.36. The Hall–Kier alpha value is -1.88. The molecule has 0 N–H and O–H groups in total. The third-order valence-electron chi connectivity index (χ3n) is 2.23. The number of benzene rings is 1. The third kappa shape index (κ3) is 2.68. The second-order valence-corrected chi connectivity index (χ2v) is 4.39. The van der Waals surface area contributed by atoms with Crippen LogP contribution in [0.1, 0.15) is 24.2 Å². The number of ether oxygens (including phenoxy) is 1. The van der Waals surface area contributed by atoms with Crippen LogP contribution in [-0.4, -0.2) is 26.8 Å². The summed E-state index contributed by atoms with van der Waals surface area (Å²) >= 11 is 5.99. The molecule has 0 radical (unpaired) electrons. The van der Waals surface area contributed by atoms with Crippen molar-refractivity contribution in [1.29, 1.82) is 0 Å². The molecule has 5 nitrogen and oxygen atoms in total. The molecule has 1 aromatic heterocycles. The van der Waals surface area contributed by atoms with E-state index in [0.29, 0.717) is 10.6 Å². The van der Waals surface area contributed by atoms with Crippen LogP contribution in [0.4, 0.5) is 0 Å². The fourth-order valence-electron chi connectivity index (χ4n) is 1.44. The van der Waals surface area contributed by atoms with Gasteiger partial charge in [-0.1, -0.05) is 11.6 Å². The van der Waals surface area contributed by atoms with Crippen LogP contribution in [0.2, 0.25) is 5.02 Å². The van der Waals surface area contributed by atoms with Gasteiger partial charge in [-0.05, 0) is 32.0 Å². The summed E-state index contributed by atoms with van der Waals surface area (Å²) < 4.78 is 6.81. The van der Waals surface area contributed by atoms with Gasteiger partial charge in [0.15, 0.2) is 0 Å². The maximum absolute atomic E-state index is 11.9. The highest BCUT2D eigenvalue weighted by Crippen LogP contribution is 2.21. The standard InChI is InChI=1S/C12H12ClN3O2/c1-8(2)18-12(17)10-5-9(3-4-11(10)13)16-6-14-15-7-16/h3-8H,1-2H3. The molecule has 0 saturated heterocycles. The maximum Gasteiger partial charge on any atom is 0.339 e. The van der Waals surface area contributed by atoms with E-state index in [1.807, 2.05) is 0 Å². The number of hydrogen-bond acceptors (Lipinski definition) is 4. The zero-order valence-electron chi connectivity index (χ0n) is 10.0. The Bertz CT molecular complexity index is 552. The fraction of sp³-hybridized carbons (Fsp3) is 0.250. The van der Waals surface area contributed by atoms with Crippen LogP contribution in [-0.2, 0) is 4.74 Å². The van der Waals surface area contributed by atoms with Gasteiger partial charge < -0.3 is 4.74 Å². The Morgan fingerprint density at radius 2 is 2.00 bits per heavy atom. The van der Waals surface area contributed by atoms with Crippen molar-refractivity contribution in [3.05, 3.63) is 41.4 Å². The van der Waals surface area contributed by atoms with E-state index in [-0.39, 0.29) is 6.10 Å². The normalized spacial score (nSPS) is 10.7. The largest absolute Gasteiger partial charge is 0.459 e. The smallest absolute Gasteiger partial charge is 0.339 e. The number of carbonyl (C=O) groups is 1. The molecule has 2 rings (SSSR count). The van der Waals surface area contributed by atoms with Crippen LogP contribution in [0.3, 0.4) is 0 Å². The van der Waals surface area contributed by atoms with Crippen molar-refractivity contribution >= 4 is 17.6 Å². The molecular weight excluding hydrogens is 254 g/mol. The molecule has 0 atom stereocenters. The fourth-order valence-corrected chi connectivity index (χ4v) is 1.64. The van der Waals surface area contributed by atoms with Crippen molar-refractivity contribution < 1.29 is 9.53 Å². The zero-order chi connectivity index (χ0) is 13.1. The van der Waals surface area contributed by atoms with E-state index < -0.39 is 5.97 Å². The number of hydrogen-bond donors (Lipinski definition) is 0. The van der Waals surface area contributed by atoms with Gasteiger partial charge >= 0.3 is 5.97 Å². The average Bonchev–Trinajstić information content (AvgIpc) is 2.82. The lowest BCUT2D eigenvalue weighted by Crippen LogP contribution is -2.12. The Morgan fingerprint density at radius 3 is 2.61 bits per heavy atom. The summed E-state index contributed by atoms with van der Waals surface area (Å²) in [7, 11) is 0.